The summed E-state index contributed by atoms with van der Waals surface area (Å²) in [6.07, 6.45) is 3.48. The third-order valence-electron chi connectivity index (χ3n) is 3.82. The van der Waals surface area contributed by atoms with E-state index in [1.165, 1.54) is 11.1 Å². The van der Waals surface area contributed by atoms with Crippen LogP contribution in [0.3, 0.4) is 0 Å². The van der Waals surface area contributed by atoms with E-state index in [-0.39, 0.29) is 6.04 Å². The lowest BCUT2D eigenvalue weighted by molar-refractivity contribution is 0.406. The van der Waals surface area contributed by atoms with Crippen LogP contribution in [0.4, 0.5) is 0 Å². The second-order valence-corrected chi connectivity index (χ2v) is 5.70. The Morgan fingerprint density at radius 2 is 1.76 bits per heavy atom. The number of methoxy groups -OCH3 is 1. The third-order valence-corrected chi connectivity index (χ3v) is 3.82. The lowest BCUT2D eigenvalue weighted by Crippen LogP contribution is -2.26. The molecule has 0 radical (unpaired) electrons. The van der Waals surface area contributed by atoms with Crippen molar-refractivity contribution in [2.45, 2.75) is 39.7 Å². The van der Waals surface area contributed by atoms with Crippen LogP contribution < -0.4 is 10.5 Å². The lowest BCUT2D eigenvalue weighted by atomic mass is 9.99. The molecule has 0 saturated heterocycles. The molecule has 2 N–H and O–H groups in total. The van der Waals surface area contributed by atoms with Gasteiger partial charge in [0.1, 0.15) is 5.75 Å². The van der Waals surface area contributed by atoms with E-state index in [0.29, 0.717) is 0 Å². The summed E-state index contributed by atoms with van der Waals surface area (Å²) in [5.74, 6) is 0.919. The van der Waals surface area contributed by atoms with Gasteiger partial charge in [0.05, 0.1) is 7.11 Å². The first-order chi connectivity index (χ1) is 10.0. The number of nitrogens with two attached hydrogens (primary N) is 1. The fourth-order valence-electron chi connectivity index (χ4n) is 2.62. The molecule has 1 aromatic carbocycles. The van der Waals surface area contributed by atoms with Crippen molar-refractivity contribution in [1.82, 2.24) is 4.98 Å². The van der Waals surface area contributed by atoms with Crippen molar-refractivity contribution in [3.8, 4) is 5.75 Å². The number of aromatic nitrogens is 1. The van der Waals surface area contributed by atoms with Crippen molar-refractivity contribution in [1.29, 1.82) is 0 Å². The maximum Gasteiger partial charge on any atom is 0.128 e. The van der Waals surface area contributed by atoms with Gasteiger partial charge in [0.2, 0.25) is 0 Å². The molecule has 0 fully saturated rings. The van der Waals surface area contributed by atoms with Crippen LogP contribution in [0.5, 0.6) is 5.75 Å². The van der Waals surface area contributed by atoms with Crippen molar-refractivity contribution < 1.29 is 4.74 Å². The van der Waals surface area contributed by atoms with E-state index < -0.39 is 0 Å². The van der Waals surface area contributed by atoms with Crippen LogP contribution in [0.1, 0.15) is 27.9 Å². The smallest absolute Gasteiger partial charge is 0.128 e. The normalized spacial score (nSPS) is 12.2. The van der Waals surface area contributed by atoms with E-state index in [0.717, 1.165) is 35.4 Å². The number of ether oxygens (including phenoxy) is 1. The highest BCUT2D eigenvalue weighted by molar-refractivity contribution is 5.41. The van der Waals surface area contributed by atoms with Crippen molar-refractivity contribution in [3.05, 3.63) is 58.4 Å². The zero-order valence-electron chi connectivity index (χ0n) is 13.3. The van der Waals surface area contributed by atoms with Crippen LogP contribution in [-0.4, -0.2) is 18.1 Å². The summed E-state index contributed by atoms with van der Waals surface area (Å²) >= 11 is 0. The maximum absolute atomic E-state index is 6.29. The number of aryl methyl sites for hydroxylation is 2. The average molecular weight is 284 g/mol. The van der Waals surface area contributed by atoms with E-state index in [4.69, 9.17) is 10.5 Å². The predicted molar refractivity (Wildman–Crippen MR) is 86.8 cm³/mol. The Morgan fingerprint density at radius 3 is 2.38 bits per heavy atom. The molecule has 0 aliphatic rings. The molecular weight excluding hydrogens is 260 g/mol. The van der Waals surface area contributed by atoms with Gasteiger partial charge in [-0.2, -0.15) is 0 Å². The van der Waals surface area contributed by atoms with Gasteiger partial charge in [-0.05, 0) is 32.8 Å². The van der Waals surface area contributed by atoms with E-state index in [2.05, 4.69) is 36.2 Å². The average Bonchev–Trinajstić information content (AvgIpc) is 2.45. The number of rotatable bonds is 5. The number of nitrogens with zero attached hydrogens (tertiary/aromatic N) is 1. The summed E-state index contributed by atoms with van der Waals surface area (Å²) in [5, 5.41) is 0. The van der Waals surface area contributed by atoms with E-state index in [9.17, 15) is 0 Å². The van der Waals surface area contributed by atoms with Crippen molar-refractivity contribution in [2.24, 2.45) is 5.73 Å². The van der Waals surface area contributed by atoms with Gasteiger partial charge in [-0.25, -0.2) is 0 Å². The van der Waals surface area contributed by atoms with Crippen LogP contribution in [0.15, 0.2) is 30.5 Å². The summed E-state index contributed by atoms with van der Waals surface area (Å²) in [5.41, 5.74) is 12.0. The summed E-state index contributed by atoms with van der Waals surface area (Å²) in [6, 6.07) is 8.60. The first kappa shape index (κ1) is 15.5. The Balaban J connectivity index is 2.09. The van der Waals surface area contributed by atoms with Crippen LogP contribution in [-0.2, 0) is 12.8 Å². The largest absolute Gasteiger partial charge is 0.496 e. The fourth-order valence-corrected chi connectivity index (χ4v) is 2.62. The Labute approximate surface area is 127 Å². The molecule has 2 aromatic rings. The first-order valence-corrected chi connectivity index (χ1v) is 7.31. The third kappa shape index (κ3) is 3.82. The Hall–Kier alpha value is -1.87. The van der Waals surface area contributed by atoms with Crippen molar-refractivity contribution in [2.75, 3.05) is 7.11 Å². The molecule has 0 saturated carbocycles. The van der Waals surface area contributed by atoms with Gasteiger partial charge in [0.25, 0.3) is 0 Å². The van der Waals surface area contributed by atoms with Gasteiger partial charge in [0, 0.05) is 35.5 Å². The highest BCUT2D eigenvalue weighted by Crippen LogP contribution is 2.24. The SMILES string of the molecule is COc1c(C)cnc(CC(N)Cc2ccc(C)cc2)c1C. The van der Waals surface area contributed by atoms with Crippen LogP contribution in [0.25, 0.3) is 0 Å². The Kier molecular flexibility index (Phi) is 4.97. The molecule has 2 rings (SSSR count). The summed E-state index contributed by atoms with van der Waals surface area (Å²) < 4.78 is 5.45. The van der Waals surface area contributed by atoms with Crippen LogP contribution in [0, 0.1) is 20.8 Å². The van der Waals surface area contributed by atoms with Crippen LogP contribution in [0.2, 0.25) is 0 Å². The summed E-state index contributed by atoms with van der Waals surface area (Å²) in [6.45, 7) is 6.15. The molecule has 3 heteroatoms. The fraction of sp³-hybridized carbons (Fsp3) is 0.389. The summed E-state index contributed by atoms with van der Waals surface area (Å²) in [7, 11) is 1.70. The summed E-state index contributed by atoms with van der Waals surface area (Å²) in [4.78, 5) is 4.52. The van der Waals surface area contributed by atoms with E-state index >= 15 is 0 Å². The molecular formula is C18H24N2O. The van der Waals surface area contributed by atoms with Crippen molar-refractivity contribution in [3.63, 3.8) is 0 Å². The lowest BCUT2D eigenvalue weighted by Gasteiger charge is -2.16. The second kappa shape index (κ2) is 6.72. The molecule has 0 aliphatic heterocycles. The van der Waals surface area contributed by atoms with Crippen LogP contribution >= 0.6 is 0 Å². The Morgan fingerprint density at radius 1 is 1.10 bits per heavy atom. The minimum atomic E-state index is 0.0614. The zero-order valence-corrected chi connectivity index (χ0v) is 13.3. The minimum absolute atomic E-state index is 0.0614. The highest BCUT2D eigenvalue weighted by Gasteiger charge is 2.13. The minimum Gasteiger partial charge on any atom is -0.496 e. The van der Waals surface area contributed by atoms with Gasteiger partial charge in [-0.3, -0.25) is 4.98 Å². The molecule has 112 valence electrons. The Bertz CT molecular complexity index is 605. The molecule has 0 bridgehead atoms. The predicted octanol–water partition coefficient (Wildman–Crippen LogP) is 3.13. The zero-order chi connectivity index (χ0) is 15.4. The first-order valence-electron chi connectivity index (χ1n) is 7.31. The topological polar surface area (TPSA) is 48.1 Å². The van der Waals surface area contributed by atoms with E-state index in [1.807, 2.05) is 20.0 Å². The number of benzene rings is 1. The number of pyridine rings is 1. The highest BCUT2D eigenvalue weighted by atomic mass is 16.5. The number of hydrogen-bond acceptors (Lipinski definition) is 3. The molecule has 0 aliphatic carbocycles. The maximum atomic E-state index is 6.29. The number of hydrogen-bond donors (Lipinski definition) is 1. The van der Waals surface area contributed by atoms with E-state index in [1.54, 1.807) is 7.11 Å². The molecule has 0 spiro atoms. The van der Waals surface area contributed by atoms with Gasteiger partial charge < -0.3 is 10.5 Å². The molecule has 1 atom stereocenters. The van der Waals surface area contributed by atoms with Gasteiger partial charge in [0.15, 0.2) is 0 Å². The quantitative estimate of drug-likeness (QED) is 0.917. The van der Waals surface area contributed by atoms with Crippen molar-refractivity contribution >= 4 is 0 Å². The standard InChI is InChI=1S/C18H24N2O/c1-12-5-7-15(8-6-12)9-16(19)10-17-14(3)18(21-4)13(2)11-20-17/h5-8,11,16H,9-10,19H2,1-4H3. The monoisotopic (exact) mass is 284 g/mol. The molecule has 1 heterocycles. The van der Waals surface area contributed by atoms with Gasteiger partial charge >= 0.3 is 0 Å². The second-order valence-electron chi connectivity index (χ2n) is 5.70. The molecule has 3 nitrogen and oxygen atoms in total. The molecule has 1 aromatic heterocycles. The molecule has 21 heavy (non-hydrogen) atoms. The molecule has 0 amide bonds. The molecule has 1 unspecified atom stereocenters. The van der Waals surface area contributed by atoms with Gasteiger partial charge in [-0.1, -0.05) is 29.8 Å². The van der Waals surface area contributed by atoms with Gasteiger partial charge in [-0.15, -0.1) is 0 Å².